The van der Waals surface area contributed by atoms with Gasteiger partial charge in [-0.2, -0.15) is 0 Å². The average molecular weight is 334 g/mol. The second-order valence-corrected chi connectivity index (χ2v) is 5.82. The molecular weight excluding hydrogens is 312 g/mol. The van der Waals surface area contributed by atoms with E-state index in [1.807, 2.05) is 12.1 Å². The van der Waals surface area contributed by atoms with E-state index in [0.717, 1.165) is 22.3 Å². The Morgan fingerprint density at radius 3 is 2.39 bits per heavy atom. The first-order valence-electron chi connectivity index (χ1n) is 6.42. The highest BCUT2D eigenvalue weighted by molar-refractivity contribution is 9.10. The van der Waals surface area contributed by atoms with Crippen LogP contribution in [0.4, 0.5) is 0 Å². The highest BCUT2D eigenvalue weighted by atomic mass is 79.9. The van der Waals surface area contributed by atoms with Gasteiger partial charge in [0, 0.05) is 23.1 Å². The molecule has 2 nitrogen and oxygen atoms in total. The maximum Gasteiger partial charge on any atom is 0.0551 e. The van der Waals surface area contributed by atoms with Crippen molar-refractivity contribution < 1.29 is 0 Å². The third kappa shape index (κ3) is 3.70. The molecule has 0 aliphatic heterocycles. The molecule has 0 spiro atoms. The monoisotopic (exact) mass is 332 g/mol. The summed E-state index contributed by atoms with van der Waals surface area (Å²) in [5.41, 5.74) is 7.13. The van der Waals surface area contributed by atoms with Crippen molar-refractivity contribution in [3.8, 4) is 0 Å². The van der Waals surface area contributed by atoms with Crippen molar-refractivity contribution in [2.45, 2.75) is 38.8 Å². The van der Waals surface area contributed by atoms with Crippen LogP contribution in [0.25, 0.3) is 0 Å². The molecule has 0 aliphatic carbocycles. The molecule has 4 heteroatoms. The lowest BCUT2D eigenvalue weighted by atomic mass is 10.0. The number of nitrogens with zero attached hydrogens (tertiary/aromatic N) is 1. The molecule has 0 saturated heterocycles. The molecule has 0 radical (unpaired) electrons. The fourth-order valence-corrected chi connectivity index (χ4v) is 2.81. The molecule has 0 bridgehead atoms. The standard InChI is InChI=1S/C14H22BrClN2/c1-4-11(5-2)18(3)14(9-17)10-6-7-12(15)13(16)8-10/h6-8,11,14H,4-5,9,17H2,1-3H3. The van der Waals surface area contributed by atoms with Gasteiger partial charge in [0.25, 0.3) is 0 Å². The van der Waals surface area contributed by atoms with Gasteiger partial charge in [-0.05, 0) is 53.5 Å². The lowest BCUT2D eigenvalue weighted by molar-refractivity contribution is 0.168. The lowest BCUT2D eigenvalue weighted by Crippen LogP contribution is -2.38. The summed E-state index contributed by atoms with van der Waals surface area (Å²) in [6.45, 7) is 5.03. The van der Waals surface area contributed by atoms with Crippen molar-refractivity contribution in [3.63, 3.8) is 0 Å². The summed E-state index contributed by atoms with van der Waals surface area (Å²) in [4.78, 5) is 2.36. The molecule has 0 heterocycles. The third-order valence-electron chi connectivity index (χ3n) is 3.56. The van der Waals surface area contributed by atoms with E-state index >= 15 is 0 Å². The number of hydrogen-bond donors (Lipinski definition) is 1. The molecule has 2 N–H and O–H groups in total. The maximum absolute atomic E-state index is 6.16. The van der Waals surface area contributed by atoms with Crippen LogP contribution in [0.15, 0.2) is 22.7 Å². The number of halogens is 2. The molecule has 0 amide bonds. The molecule has 0 aliphatic rings. The smallest absolute Gasteiger partial charge is 0.0551 e. The molecule has 0 saturated carbocycles. The molecule has 0 fully saturated rings. The highest BCUT2D eigenvalue weighted by Gasteiger charge is 2.21. The van der Waals surface area contributed by atoms with Crippen LogP contribution in [-0.2, 0) is 0 Å². The number of hydrogen-bond acceptors (Lipinski definition) is 2. The van der Waals surface area contributed by atoms with Gasteiger partial charge in [0.15, 0.2) is 0 Å². The average Bonchev–Trinajstić information content (AvgIpc) is 2.36. The summed E-state index contributed by atoms with van der Waals surface area (Å²) in [6, 6.07) is 6.86. The third-order valence-corrected chi connectivity index (χ3v) is 4.79. The van der Waals surface area contributed by atoms with Crippen molar-refractivity contribution in [2.24, 2.45) is 5.73 Å². The van der Waals surface area contributed by atoms with E-state index in [0.29, 0.717) is 12.6 Å². The van der Waals surface area contributed by atoms with Gasteiger partial charge in [-0.3, -0.25) is 4.90 Å². The second-order valence-electron chi connectivity index (χ2n) is 4.56. The van der Waals surface area contributed by atoms with E-state index in [1.165, 1.54) is 5.56 Å². The summed E-state index contributed by atoms with van der Waals surface area (Å²) < 4.78 is 0.925. The highest BCUT2D eigenvalue weighted by Crippen LogP contribution is 2.29. The Morgan fingerprint density at radius 2 is 1.94 bits per heavy atom. The Bertz CT molecular complexity index is 380. The zero-order valence-corrected chi connectivity index (χ0v) is 13.6. The number of rotatable bonds is 6. The van der Waals surface area contributed by atoms with Gasteiger partial charge in [-0.15, -0.1) is 0 Å². The van der Waals surface area contributed by atoms with Gasteiger partial charge in [0.2, 0.25) is 0 Å². The quantitative estimate of drug-likeness (QED) is 0.844. The van der Waals surface area contributed by atoms with Crippen LogP contribution in [-0.4, -0.2) is 24.5 Å². The van der Waals surface area contributed by atoms with Crippen LogP contribution in [0.1, 0.15) is 38.3 Å². The number of nitrogens with two attached hydrogens (primary N) is 1. The van der Waals surface area contributed by atoms with Crippen LogP contribution in [0.5, 0.6) is 0 Å². The molecular formula is C14H22BrClN2. The van der Waals surface area contributed by atoms with Crippen molar-refractivity contribution in [1.29, 1.82) is 0 Å². The van der Waals surface area contributed by atoms with Crippen LogP contribution in [0, 0.1) is 0 Å². The van der Waals surface area contributed by atoms with E-state index in [2.05, 4.69) is 47.8 Å². The van der Waals surface area contributed by atoms with Crippen LogP contribution in [0.2, 0.25) is 5.02 Å². The van der Waals surface area contributed by atoms with Gasteiger partial charge in [0.05, 0.1) is 5.02 Å². The molecule has 1 aromatic carbocycles. The van der Waals surface area contributed by atoms with Crippen molar-refractivity contribution >= 4 is 27.5 Å². The minimum Gasteiger partial charge on any atom is -0.329 e. The fourth-order valence-electron chi connectivity index (χ4n) is 2.38. The Hall–Kier alpha value is -0.0900. The summed E-state index contributed by atoms with van der Waals surface area (Å²) in [7, 11) is 2.14. The first-order valence-corrected chi connectivity index (χ1v) is 7.59. The molecule has 18 heavy (non-hydrogen) atoms. The van der Waals surface area contributed by atoms with Crippen LogP contribution < -0.4 is 5.73 Å². The Balaban J connectivity index is 2.97. The predicted octanol–water partition coefficient (Wildman–Crippen LogP) is 4.22. The normalized spacial score (nSPS) is 13.3. The molecule has 1 rings (SSSR count). The lowest BCUT2D eigenvalue weighted by Gasteiger charge is -2.34. The minimum atomic E-state index is 0.223. The summed E-state index contributed by atoms with van der Waals surface area (Å²) >= 11 is 9.58. The second kappa shape index (κ2) is 7.49. The molecule has 0 aromatic heterocycles. The Morgan fingerprint density at radius 1 is 1.33 bits per heavy atom. The van der Waals surface area contributed by atoms with Gasteiger partial charge in [0.1, 0.15) is 0 Å². The van der Waals surface area contributed by atoms with Crippen LogP contribution >= 0.6 is 27.5 Å². The minimum absolute atomic E-state index is 0.223. The predicted molar refractivity (Wildman–Crippen MR) is 83.1 cm³/mol. The van der Waals surface area contributed by atoms with E-state index in [4.69, 9.17) is 17.3 Å². The van der Waals surface area contributed by atoms with Crippen molar-refractivity contribution in [1.82, 2.24) is 4.90 Å². The van der Waals surface area contributed by atoms with E-state index in [9.17, 15) is 0 Å². The summed E-state index contributed by atoms with van der Waals surface area (Å²) in [6.07, 6.45) is 2.27. The van der Waals surface area contributed by atoms with E-state index in [-0.39, 0.29) is 6.04 Å². The van der Waals surface area contributed by atoms with E-state index < -0.39 is 0 Å². The molecule has 1 unspecified atom stereocenters. The summed E-state index contributed by atoms with van der Waals surface area (Å²) in [5, 5.41) is 0.740. The Labute approximate surface area is 124 Å². The molecule has 1 atom stereocenters. The van der Waals surface area contributed by atoms with Gasteiger partial charge in [-0.1, -0.05) is 31.5 Å². The fraction of sp³-hybridized carbons (Fsp3) is 0.571. The summed E-state index contributed by atoms with van der Waals surface area (Å²) in [5.74, 6) is 0. The van der Waals surface area contributed by atoms with E-state index in [1.54, 1.807) is 0 Å². The molecule has 102 valence electrons. The van der Waals surface area contributed by atoms with Crippen LogP contribution in [0.3, 0.4) is 0 Å². The zero-order chi connectivity index (χ0) is 13.7. The Kier molecular flexibility index (Phi) is 6.64. The van der Waals surface area contributed by atoms with Gasteiger partial charge in [-0.25, -0.2) is 0 Å². The first-order chi connectivity index (χ1) is 8.54. The zero-order valence-electron chi connectivity index (χ0n) is 11.3. The largest absolute Gasteiger partial charge is 0.329 e. The molecule has 1 aromatic rings. The van der Waals surface area contributed by atoms with Crippen molar-refractivity contribution in [2.75, 3.05) is 13.6 Å². The number of benzene rings is 1. The first kappa shape index (κ1) is 16.0. The SMILES string of the molecule is CCC(CC)N(C)C(CN)c1ccc(Br)c(Cl)c1. The van der Waals surface area contributed by atoms with Gasteiger partial charge < -0.3 is 5.73 Å². The number of likely N-dealkylation sites (N-methyl/N-ethyl adjacent to an activating group) is 1. The van der Waals surface area contributed by atoms with Crippen molar-refractivity contribution in [3.05, 3.63) is 33.3 Å². The topological polar surface area (TPSA) is 29.3 Å². The van der Waals surface area contributed by atoms with Gasteiger partial charge >= 0.3 is 0 Å². The maximum atomic E-state index is 6.16.